The zero-order chi connectivity index (χ0) is 13.8. The van der Waals surface area contributed by atoms with Gasteiger partial charge in [-0.2, -0.15) is 0 Å². The van der Waals surface area contributed by atoms with Crippen molar-refractivity contribution in [1.29, 1.82) is 0 Å². The van der Waals surface area contributed by atoms with Crippen molar-refractivity contribution in [2.75, 3.05) is 20.1 Å². The van der Waals surface area contributed by atoms with E-state index < -0.39 is 0 Å². The van der Waals surface area contributed by atoms with Crippen LogP contribution < -0.4 is 5.32 Å². The van der Waals surface area contributed by atoms with Gasteiger partial charge in [-0.05, 0) is 33.4 Å². The number of rotatable bonds is 4. The molecule has 0 aliphatic carbocycles. The second-order valence-corrected chi connectivity index (χ2v) is 5.31. The summed E-state index contributed by atoms with van der Waals surface area (Å²) in [5.74, 6) is 0. The molecule has 19 heavy (non-hydrogen) atoms. The number of nitro groups is 1. The molecule has 1 fully saturated rings. The summed E-state index contributed by atoms with van der Waals surface area (Å²) in [6.45, 7) is 4.14. The fourth-order valence-corrected chi connectivity index (χ4v) is 2.77. The minimum Gasteiger partial charge on any atom is -0.306 e. The highest BCUT2D eigenvalue weighted by Gasteiger charge is 2.23. The maximum absolute atomic E-state index is 11.0. The summed E-state index contributed by atoms with van der Waals surface area (Å²) in [4.78, 5) is 13.0. The first-order valence-corrected chi connectivity index (χ1v) is 6.76. The summed E-state index contributed by atoms with van der Waals surface area (Å²) in [7, 11) is 2.11. The molecule has 1 aromatic carbocycles. The van der Waals surface area contributed by atoms with Crippen molar-refractivity contribution < 1.29 is 4.92 Å². The van der Waals surface area contributed by atoms with Crippen molar-refractivity contribution in [1.82, 2.24) is 10.2 Å². The second kappa shape index (κ2) is 6.12. The molecule has 1 heterocycles. The van der Waals surface area contributed by atoms with Crippen molar-refractivity contribution in [2.45, 2.75) is 31.8 Å². The molecule has 5 heteroatoms. The zero-order valence-corrected chi connectivity index (χ0v) is 11.5. The number of para-hydroxylation sites is 1. The topological polar surface area (TPSA) is 58.4 Å². The predicted octanol–water partition coefficient (Wildman–Crippen LogP) is 2.34. The van der Waals surface area contributed by atoms with Gasteiger partial charge in [-0.15, -0.1) is 0 Å². The second-order valence-electron chi connectivity index (χ2n) is 5.31. The van der Waals surface area contributed by atoms with Gasteiger partial charge in [0.25, 0.3) is 5.69 Å². The highest BCUT2D eigenvalue weighted by atomic mass is 16.6. The van der Waals surface area contributed by atoms with Crippen LogP contribution in [-0.4, -0.2) is 36.0 Å². The SMILES string of the molecule is CC(NC1CCCN(C)C1)c1ccccc1[N+](=O)[O-]. The number of piperidine rings is 1. The number of nitro benzene ring substituents is 1. The van der Waals surface area contributed by atoms with Crippen LogP contribution in [0.5, 0.6) is 0 Å². The van der Waals surface area contributed by atoms with Gasteiger partial charge < -0.3 is 10.2 Å². The Morgan fingerprint density at radius 2 is 2.21 bits per heavy atom. The summed E-state index contributed by atoms with van der Waals surface area (Å²) in [5, 5.41) is 14.6. The first-order valence-electron chi connectivity index (χ1n) is 6.76. The molecular formula is C14H21N3O2. The first-order chi connectivity index (χ1) is 9.08. The van der Waals surface area contributed by atoms with Gasteiger partial charge >= 0.3 is 0 Å². The number of hydrogen-bond acceptors (Lipinski definition) is 4. The summed E-state index contributed by atoms with van der Waals surface area (Å²) in [5.41, 5.74) is 0.965. The fourth-order valence-electron chi connectivity index (χ4n) is 2.77. The molecule has 0 aromatic heterocycles. The lowest BCUT2D eigenvalue weighted by atomic mass is 10.0. The van der Waals surface area contributed by atoms with Crippen LogP contribution in [-0.2, 0) is 0 Å². The number of benzene rings is 1. The van der Waals surface area contributed by atoms with Crippen LogP contribution in [0.3, 0.4) is 0 Å². The molecule has 1 aliphatic rings. The number of likely N-dealkylation sites (tertiary alicyclic amines) is 1. The molecule has 0 radical (unpaired) electrons. The minimum atomic E-state index is -0.305. The fraction of sp³-hybridized carbons (Fsp3) is 0.571. The van der Waals surface area contributed by atoms with Gasteiger partial charge in [-0.1, -0.05) is 18.2 Å². The van der Waals surface area contributed by atoms with E-state index in [4.69, 9.17) is 0 Å². The monoisotopic (exact) mass is 263 g/mol. The van der Waals surface area contributed by atoms with Gasteiger partial charge in [-0.3, -0.25) is 10.1 Å². The van der Waals surface area contributed by atoms with E-state index in [-0.39, 0.29) is 16.7 Å². The number of likely N-dealkylation sites (N-methyl/N-ethyl adjacent to an activating group) is 1. The summed E-state index contributed by atoms with van der Waals surface area (Å²) < 4.78 is 0. The maximum atomic E-state index is 11.0. The molecule has 2 atom stereocenters. The third-order valence-corrected chi connectivity index (χ3v) is 3.71. The predicted molar refractivity (Wildman–Crippen MR) is 75.2 cm³/mol. The standard InChI is InChI=1S/C14H21N3O2/c1-11(15-12-6-5-9-16(2)10-12)13-7-3-4-8-14(13)17(18)19/h3-4,7-8,11-12,15H,5-6,9-10H2,1-2H3. The zero-order valence-electron chi connectivity index (χ0n) is 11.5. The molecule has 0 amide bonds. The van der Waals surface area contributed by atoms with E-state index in [0.717, 1.165) is 25.1 Å². The van der Waals surface area contributed by atoms with Crippen LogP contribution in [0, 0.1) is 10.1 Å². The first kappa shape index (κ1) is 14.0. The van der Waals surface area contributed by atoms with Crippen molar-refractivity contribution in [2.24, 2.45) is 0 Å². The van der Waals surface area contributed by atoms with Crippen LogP contribution in [0.15, 0.2) is 24.3 Å². The van der Waals surface area contributed by atoms with Crippen molar-refractivity contribution in [3.05, 3.63) is 39.9 Å². The average Bonchev–Trinajstić information content (AvgIpc) is 2.38. The Kier molecular flexibility index (Phi) is 4.50. The van der Waals surface area contributed by atoms with Crippen LogP contribution in [0.1, 0.15) is 31.4 Å². The van der Waals surface area contributed by atoms with Crippen LogP contribution >= 0.6 is 0 Å². The van der Waals surface area contributed by atoms with Crippen molar-refractivity contribution in [3.63, 3.8) is 0 Å². The molecule has 1 aromatic rings. The molecule has 1 N–H and O–H groups in total. The third kappa shape index (κ3) is 3.52. The molecule has 0 bridgehead atoms. The quantitative estimate of drug-likeness (QED) is 0.669. The summed E-state index contributed by atoms with van der Waals surface area (Å²) in [6.07, 6.45) is 2.31. The Morgan fingerprint density at radius 1 is 1.47 bits per heavy atom. The molecule has 2 unspecified atom stereocenters. The largest absolute Gasteiger partial charge is 0.306 e. The highest BCUT2D eigenvalue weighted by molar-refractivity contribution is 5.41. The van der Waals surface area contributed by atoms with Gasteiger partial charge in [0.15, 0.2) is 0 Å². The smallest absolute Gasteiger partial charge is 0.274 e. The Balaban J connectivity index is 2.07. The maximum Gasteiger partial charge on any atom is 0.274 e. The van der Waals surface area contributed by atoms with Crippen LogP contribution in [0.4, 0.5) is 5.69 Å². The Morgan fingerprint density at radius 3 is 2.89 bits per heavy atom. The molecular weight excluding hydrogens is 242 g/mol. The summed E-state index contributed by atoms with van der Waals surface area (Å²) in [6, 6.07) is 7.38. The lowest BCUT2D eigenvalue weighted by Gasteiger charge is -2.32. The van der Waals surface area contributed by atoms with Crippen LogP contribution in [0.25, 0.3) is 0 Å². The molecule has 1 saturated heterocycles. The van der Waals surface area contributed by atoms with E-state index >= 15 is 0 Å². The molecule has 2 rings (SSSR count). The van der Waals surface area contributed by atoms with Gasteiger partial charge in [0, 0.05) is 30.3 Å². The molecule has 1 aliphatic heterocycles. The van der Waals surface area contributed by atoms with Gasteiger partial charge in [0.05, 0.1) is 4.92 Å². The average molecular weight is 263 g/mol. The van der Waals surface area contributed by atoms with E-state index in [1.807, 2.05) is 19.1 Å². The minimum absolute atomic E-state index is 0.00176. The highest BCUT2D eigenvalue weighted by Crippen LogP contribution is 2.25. The molecule has 0 saturated carbocycles. The van der Waals surface area contributed by atoms with E-state index in [0.29, 0.717) is 6.04 Å². The Hall–Kier alpha value is -1.46. The molecule has 0 spiro atoms. The summed E-state index contributed by atoms with van der Waals surface area (Å²) >= 11 is 0. The number of nitrogens with one attached hydrogen (secondary N) is 1. The molecule has 5 nitrogen and oxygen atoms in total. The van der Waals surface area contributed by atoms with Gasteiger partial charge in [0.1, 0.15) is 0 Å². The molecule has 104 valence electrons. The number of nitrogens with zero attached hydrogens (tertiary/aromatic N) is 2. The lowest BCUT2D eigenvalue weighted by molar-refractivity contribution is -0.385. The van der Waals surface area contributed by atoms with Gasteiger partial charge in [0.2, 0.25) is 0 Å². The van der Waals surface area contributed by atoms with Gasteiger partial charge in [-0.25, -0.2) is 0 Å². The van der Waals surface area contributed by atoms with Crippen LogP contribution in [0.2, 0.25) is 0 Å². The van der Waals surface area contributed by atoms with E-state index in [2.05, 4.69) is 17.3 Å². The normalized spacial score (nSPS) is 22.1. The Labute approximate surface area is 113 Å². The van der Waals surface area contributed by atoms with Crippen molar-refractivity contribution in [3.8, 4) is 0 Å². The lowest BCUT2D eigenvalue weighted by Crippen LogP contribution is -2.44. The third-order valence-electron chi connectivity index (χ3n) is 3.71. The van der Waals surface area contributed by atoms with E-state index in [9.17, 15) is 10.1 Å². The van der Waals surface area contributed by atoms with E-state index in [1.165, 1.54) is 6.42 Å². The van der Waals surface area contributed by atoms with E-state index in [1.54, 1.807) is 12.1 Å². The number of hydrogen-bond donors (Lipinski definition) is 1. The van der Waals surface area contributed by atoms with Crippen molar-refractivity contribution >= 4 is 5.69 Å². The Bertz CT molecular complexity index is 450.